The molecular weight excluding hydrogens is 750 g/mol. The molecule has 0 bridgehead atoms. The molecule has 0 fully saturated rings. The molecule has 1 aliphatic rings. The summed E-state index contributed by atoms with van der Waals surface area (Å²) in [6.07, 6.45) is -3.12. The number of hydrogen-bond acceptors (Lipinski definition) is 12. The fourth-order valence-corrected chi connectivity index (χ4v) is 5.99. The number of aromatic nitrogens is 1. The van der Waals surface area contributed by atoms with Crippen molar-refractivity contribution in [3.8, 4) is 0 Å². The lowest BCUT2D eigenvalue weighted by atomic mass is 10.0. The summed E-state index contributed by atoms with van der Waals surface area (Å²) in [5.41, 5.74) is 4.95. The summed E-state index contributed by atoms with van der Waals surface area (Å²) in [5.74, 6) is -4.80. The van der Waals surface area contributed by atoms with Crippen molar-refractivity contribution < 1.29 is 52.5 Å². The lowest BCUT2D eigenvalue weighted by molar-refractivity contribution is -0.182. The van der Waals surface area contributed by atoms with E-state index in [1.807, 2.05) is 13.0 Å². The molecule has 3 atom stereocenters. The number of H-pyrrole nitrogens is 1. The number of benzene rings is 2. The Kier molecular flexibility index (Phi) is 15.9. The third-order valence-electron chi connectivity index (χ3n) is 9.36. The Morgan fingerprint density at radius 1 is 0.828 bits per heavy atom. The SMILES string of the molecule is CCN(CC)CCNC(=O)c1c(C)[nH]c(/C=C2\C(=O)Nc3ccc(NC(=O)CCC(=O)O[C@@H](C)C(=O)O[C@@H](C)C(=O)O[C@@H](C)C(=O)OCc4ccccc4)cc32)c1C. The van der Waals surface area contributed by atoms with Gasteiger partial charge in [0.2, 0.25) is 5.91 Å². The average molecular weight is 802 g/mol. The summed E-state index contributed by atoms with van der Waals surface area (Å²) < 4.78 is 20.4. The van der Waals surface area contributed by atoms with Gasteiger partial charge in [-0.3, -0.25) is 19.2 Å². The first-order valence-electron chi connectivity index (χ1n) is 19.1. The highest BCUT2D eigenvalue weighted by atomic mass is 16.6. The molecule has 0 saturated carbocycles. The number of ether oxygens (including phenoxy) is 4. The molecule has 4 rings (SSSR count). The third kappa shape index (κ3) is 12.1. The third-order valence-corrected chi connectivity index (χ3v) is 9.36. The minimum Gasteiger partial charge on any atom is -0.458 e. The first-order valence-corrected chi connectivity index (χ1v) is 19.1. The van der Waals surface area contributed by atoms with Crippen LogP contribution in [0.25, 0.3) is 11.6 Å². The van der Waals surface area contributed by atoms with Crippen LogP contribution in [-0.2, 0) is 54.3 Å². The normalized spacial score (nSPS) is 14.1. The molecule has 58 heavy (non-hydrogen) atoms. The van der Waals surface area contributed by atoms with E-state index in [0.29, 0.717) is 51.6 Å². The molecule has 16 heteroatoms. The lowest BCUT2D eigenvalue weighted by Gasteiger charge is -2.18. The standard InChI is InChI=1S/C42H51N5O11/c1-8-47(9-2)20-19-43-39(51)37-24(3)34(44-25(37)4)22-32-31-21-30(15-16-33(31)46-38(32)50)45-35(48)17-18-36(49)56-27(6)41(53)58-28(7)42(54)57-26(5)40(52)55-23-29-13-11-10-12-14-29/h10-16,21-22,26-28,44H,8-9,17-20,23H2,1-7H3,(H,43,51)(H,45,48)(H,46,50)/b32-22-/t26-,27-,28-/m0/s1. The molecule has 4 N–H and O–H groups in total. The van der Waals surface area contributed by atoms with Gasteiger partial charge < -0.3 is 44.8 Å². The predicted molar refractivity (Wildman–Crippen MR) is 214 cm³/mol. The van der Waals surface area contributed by atoms with Gasteiger partial charge in [0.05, 0.1) is 17.6 Å². The van der Waals surface area contributed by atoms with Crippen LogP contribution in [0.15, 0.2) is 48.5 Å². The highest BCUT2D eigenvalue weighted by molar-refractivity contribution is 6.35. The Bertz CT molecular complexity index is 2040. The van der Waals surface area contributed by atoms with Gasteiger partial charge in [-0.1, -0.05) is 44.2 Å². The van der Waals surface area contributed by atoms with Crippen molar-refractivity contribution in [3.05, 3.63) is 82.2 Å². The monoisotopic (exact) mass is 801 g/mol. The number of hydrogen-bond donors (Lipinski definition) is 4. The Labute approximate surface area is 337 Å². The van der Waals surface area contributed by atoms with Gasteiger partial charge in [-0.05, 0) is 83.1 Å². The minimum absolute atomic E-state index is 0.0134. The first-order chi connectivity index (χ1) is 27.6. The van der Waals surface area contributed by atoms with E-state index in [-0.39, 0.29) is 31.3 Å². The van der Waals surface area contributed by atoms with E-state index in [0.717, 1.165) is 25.2 Å². The van der Waals surface area contributed by atoms with E-state index >= 15 is 0 Å². The van der Waals surface area contributed by atoms with E-state index in [2.05, 4.69) is 39.7 Å². The van der Waals surface area contributed by atoms with Gasteiger partial charge in [-0.15, -0.1) is 0 Å². The maximum Gasteiger partial charge on any atom is 0.347 e. The fourth-order valence-electron chi connectivity index (χ4n) is 5.99. The molecule has 16 nitrogen and oxygen atoms in total. The number of rotatable bonds is 19. The van der Waals surface area contributed by atoms with Crippen molar-refractivity contribution in [3.63, 3.8) is 0 Å². The molecule has 0 aliphatic carbocycles. The minimum atomic E-state index is -1.43. The van der Waals surface area contributed by atoms with Gasteiger partial charge >= 0.3 is 23.9 Å². The molecule has 0 radical (unpaired) electrons. The van der Waals surface area contributed by atoms with E-state index in [4.69, 9.17) is 18.9 Å². The summed E-state index contributed by atoms with van der Waals surface area (Å²) in [6.45, 7) is 14.5. The summed E-state index contributed by atoms with van der Waals surface area (Å²) in [6, 6.07) is 13.8. The quantitative estimate of drug-likeness (QED) is 0.0753. The molecule has 1 aromatic heterocycles. The maximum absolute atomic E-state index is 13.1. The smallest absolute Gasteiger partial charge is 0.347 e. The van der Waals surface area contributed by atoms with Crippen LogP contribution in [-0.4, -0.2) is 96.0 Å². The molecule has 0 saturated heterocycles. The number of aryl methyl sites for hydroxylation is 1. The number of esters is 4. The number of anilines is 2. The van der Waals surface area contributed by atoms with E-state index in [9.17, 15) is 33.6 Å². The average Bonchev–Trinajstić information content (AvgIpc) is 3.66. The Hall–Kier alpha value is -6.29. The molecular formula is C42H51N5O11. The van der Waals surface area contributed by atoms with Gasteiger partial charge in [0.25, 0.3) is 11.8 Å². The van der Waals surface area contributed by atoms with Crippen LogP contribution in [0.1, 0.15) is 85.9 Å². The topological polar surface area (TPSA) is 212 Å². The van der Waals surface area contributed by atoms with Gasteiger partial charge in [0, 0.05) is 47.8 Å². The number of amides is 3. The number of nitrogens with one attached hydrogen (secondary N) is 4. The van der Waals surface area contributed by atoms with Gasteiger partial charge in [-0.2, -0.15) is 0 Å². The molecule has 0 unspecified atom stereocenters. The van der Waals surface area contributed by atoms with Crippen LogP contribution >= 0.6 is 0 Å². The molecule has 3 aromatic rings. The van der Waals surface area contributed by atoms with Crippen LogP contribution in [0.3, 0.4) is 0 Å². The van der Waals surface area contributed by atoms with E-state index < -0.39 is 48.1 Å². The highest BCUT2D eigenvalue weighted by Gasteiger charge is 2.29. The molecule has 2 heterocycles. The van der Waals surface area contributed by atoms with Crippen molar-refractivity contribution in [1.29, 1.82) is 0 Å². The zero-order valence-electron chi connectivity index (χ0n) is 33.8. The Balaban J connectivity index is 1.25. The highest BCUT2D eigenvalue weighted by Crippen LogP contribution is 2.36. The van der Waals surface area contributed by atoms with Crippen molar-refractivity contribution in [2.45, 2.75) is 86.2 Å². The van der Waals surface area contributed by atoms with Crippen LogP contribution in [0.2, 0.25) is 0 Å². The van der Waals surface area contributed by atoms with Crippen LogP contribution in [0, 0.1) is 13.8 Å². The Morgan fingerprint density at radius 2 is 1.47 bits per heavy atom. The van der Waals surface area contributed by atoms with E-state index in [1.54, 1.807) is 55.5 Å². The summed E-state index contributed by atoms with van der Waals surface area (Å²) in [7, 11) is 0. The van der Waals surface area contributed by atoms with Crippen molar-refractivity contribution >= 4 is 64.6 Å². The van der Waals surface area contributed by atoms with Crippen LogP contribution in [0.5, 0.6) is 0 Å². The van der Waals surface area contributed by atoms with E-state index in [1.165, 1.54) is 20.8 Å². The second-order valence-electron chi connectivity index (χ2n) is 13.7. The molecule has 310 valence electrons. The van der Waals surface area contributed by atoms with Gasteiger partial charge in [0.15, 0.2) is 18.3 Å². The number of carbonyl (C=O) groups excluding carboxylic acids is 7. The van der Waals surface area contributed by atoms with Gasteiger partial charge in [0.1, 0.15) is 6.61 Å². The Morgan fingerprint density at radius 3 is 2.12 bits per heavy atom. The predicted octanol–water partition coefficient (Wildman–Crippen LogP) is 4.45. The molecule has 3 amide bonds. The number of likely N-dealkylation sites (N-methyl/N-ethyl adjacent to an activating group) is 1. The lowest BCUT2D eigenvalue weighted by Crippen LogP contribution is -2.36. The van der Waals surface area contributed by atoms with Crippen molar-refractivity contribution in [2.75, 3.05) is 36.8 Å². The zero-order chi connectivity index (χ0) is 42.5. The number of nitrogens with zero attached hydrogens (tertiary/aromatic N) is 1. The molecule has 0 spiro atoms. The second-order valence-corrected chi connectivity index (χ2v) is 13.7. The van der Waals surface area contributed by atoms with Gasteiger partial charge in [-0.25, -0.2) is 14.4 Å². The van der Waals surface area contributed by atoms with Crippen molar-refractivity contribution in [2.24, 2.45) is 0 Å². The fraction of sp³-hybridized carbons (Fsp3) is 0.405. The largest absolute Gasteiger partial charge is 0.458 e. The molecule has 1 aliphatic heterocycles. The summed E-state index contributed by atoms with van der Waals surface area (Å²) in [5, 5.41) is 8.49. The maximum atomic E-state index is 13.1. The zero-order valence-corrected chi connectivity index (χ0v) is 33.8. The van der Waals surface area contributed by atoms with Crippen LogP contribution in [0.4, 0.5) is 11.4 Å². The first kappa shape index (κ1) is 44.4. The number of carbonyl (C=O) groups is 7. The van der Waals surface area contributed by atoms with Crippen molar-refractivity contribution in [1.82, 2.24) is 15.2 Å². The second kappa shape index (κ2) is 20.8. The van der Waals surface area contributed by atoms with Crippen LogP contribution < -0.4 is 16.0 Å². The molecule has 2 aromatic carbocycles. The number of fused-ring (bicyclic) bond motifs is 1. The summed E-state index contributed by atoms with van der Waals surface area (Å²) in [4.78, 5) is 94.0. The number of aromatic amines is 1. The summed E-state index contributed by atoms with van der Waals surface area (Å²) >= 11 is 0.